The number of nitrogens with one attached hydrogen (secondary N) is 3. The Balaban J connectivity index is 1.86. The van der Waals surface area contributed by atoms with E-state index in [0.717, 1.165) is 6.42 Å². The summed E-state index contributed by atoms with van der Waals surface area (Å²) < 4.78 is 28.4. The molecule has 0 saturated heterocycles. The summed E-state index contributed by atoms with van der Waals surface area (Å²) in [5.41, 5.74) is 1.76. The number of hydrogen-bond donors (Lipinski definition) is 3. The van der Waals surface area contributed by atoms with Gasteiger partial charge in [-0.05, 0) is 62.2 Å². The van der Waals surface area contributed by atoms with Gasteiger partial charge in [0.05, 0.1) is 16.1 Å². The molecule has 0 radical (unpaired) electrons. The maximum absolute atomic E-state index is 13.0. The smallest absolute Gasteiger partial charge is 0.262 e. The number of hydrogen-bond acceptors (Lipinski definition) is 4. The Hall–Kier alpha value is -3.65. The Labute approximate surface area is 194 Å². The van der Waals surface area contributed by atoms with E-state index in [2.05, 4.69) is 15.4 Å². The molecule has 7 nitrogen and oxygen atoms in total. The van der Waals surface area contributed by atoms with Crippen LogP contribution in [0.1, 0.15) is 46.5 Å². The highest BCUT2D eigenvalue weighted by Crippen LogP contribution is 2.22. The van der Waals surface area contributed by atoms with Gasteiger partial charge in [0.1, 0.15) is 0 Å². The monoisotopic (exact) mass is 465 g/mol. The van der Waals surface area contributed by atoms with Crippen LogP contribution in [0.2, 0.25) is 0 Å². The number of para-hydroxylation sites is 2. The molecule has 0 bridgehead atoms. The maximum atomic E-state index is 13.0. The lowest BCUT2D eigenvalue weighted by Crippen LogP contribution is -2.32. The molecule has 1 unspecified atom stereocenters. The van der Waals surface area contributed by atoms with Gasteiger partial charge in [0.2, 0.25) is 0 Å². The summed E-state index contributed by atoms with van der Waals surface area (Å²) in [4.78, 5) is 25.6. The predicted molar refractivity (Wildman–Crippen MR) is 130 cm³/mol. The van der Waals surface area contributed by atoms with Crippen LogP contribution in [0.3, 0.4) is 0 Å². The fourth-order valence-corrected chi connectivity index (χ4v) is 4.47. The summed E-state index contributed by atoms with van der Waals surface area (Å²) in [5, 5.41) is 5.61. The number of amides is 2. The molecule has 2 amide bonds. The molecule has 172 valence electrons. The minimum atomic E-state index is -3.91. The number of anilines is 2. The lowest BCUT2D eigenvalue weighted by molar-refractivity contribution is 0.0940. The molecule has 0 aliphatic carbocycles. The van der Waals surface area contributed by atoms with Gasteiger partial charge in [0, 0.05) is 17.3 Å². The molecule has 0 aliphatic heterocycles. The Morgan fingerprint density at radius 3 is 2.27 bits per heavy atom. The van der Waals surface area contributed by atoms with E-state index in [1.165, 1.54) is 6.07 Å². The second kappa shape index (κ2) is 10.3. The highest BCUT2D eigenvalue weighted by Gasteiger charge is 2.20. The summed E-state index contributed by atoms with van der Waals surface area (Å²) >= 11 is 0. The SMILES string of the molecule is CCC(C)NC(=O)c1ccccc1NC(=O)c1ccc(C)c(S(=O)(=O)Nc2ccccc2)c1. The van der Waals surface area contributed by atoms with Gasteiger partial charge in [-0.25, -0.2) is 8.42 Å². The van der Waals surface area contributed by atoms with E-state index in [1.54, 1.807) is 73.7 Å². The normalized spacial score (nSPS) is 12.0. The molecular weight excluding hydrogens is 438 g/mol. The van der Waals surface area contributed by atoms with Gasteiger partial charge in [-0.2, -0.15) is 0 Å². The fraction of sp³-hybridized carbons (Fsp3) is 0.200. The molecule has 33 heavy (non-hydrogen) atoms. The molecule has 1 atom stereocenters. The van der Waals surface area contributed by atoms with Gasteiger partial charge in [-0.15, -0.1) is 0 Å². The largest absolute Gasteiger partial charge is 0.350 e. The van der Waals surface area contributed by atoms with Crippen LogP contribution in [0.15, 0.2) is 77.7 Å². The van der Waals surface area contributed by atoms with Crippen molar-refractivity contribution >= 4 is 33.2 Å². The molecule has 0 aromatic heterocycles. The zero-order valence-corrected chi connectivity index (χ0v) is 19.6. The van der Waals surface area contributed by atoms with E-state index < -0.39 is 15.9 Å². The summed E-state index contributed by atoms with van der Waals surface area (Å²) in [5.74, 6) is -0.811. The highest BCUT2D eigenvalue weighted by molar-refractivity contribution is 7.92. The van der Waals surface area contributed by atoms with E-state index in [1.807, 2.05) is 13.8 Å². The van der Waals surface area contributed by atoms with Crippen LogP contribution in [0, 0.1) is 6.92 Å². The molecule has 0 fully saturated rings. The van der Waals surface area contributed by atoms with Crippen molar-refractivity contribution in [3.05, 3.63) is 89.5 Å². The molecule has 3 N–H and O–H groups in total. The topological polar surface area (TPSA) is 104 Å². The van der Waals surface area contributed by atoms with E-state index in [4.69, 9.17) is 0 Å². The van der Waals surface area contributed by atoms with Gasteiger partial charge < -0.3 is 10.6 Å². The van der Waals surface area contributed by atoms with E-state index in [-0.39, 0.29) is 22.4 Å². The molecule has 0 saturated carbocycles. The van der Waals surface area contributed by atoms with Crippen molar-refractivity contribution in [2.24, 2.45) is 0 Å². The van der Waals surface area contributed by atoms with Crippen LogP contribution in [-0.2, 0) is 10.0 Å². The summed E-state index contributed by atoms with van der Waals surface area (Å²) in [7, 11) is -3.91. The average molecular weight is 466 g/mol. The van der Waals surface area contributed by atoms with Gasteiger partial charge in [-0.1, -0.05) is 43.3 Å². The number of benzene rings is 3. The van der Waals surface area contributed by atoms with Crippen LogP contribution < -0.4 is 15.4 Å². The molecule has 3 aromatic rings. The van der Waals surface area contributed by atoms with Crippen molar-refractivity contribution in [2.75, 3.05) is 10.0 Å². The third kappa shape index (κ3) is 5.98. The third-order valence-electron chi connectivity index (χ3n) is 5.18. The molecular formula is C25H27N3O4S. The van der Waals surface area contributed by atoms with Crippen LogP contribution in [0.4, 0.5) is 11.4 Å². The van der Waals surface area contributed by atoms with Crippen molar-refractivity contribution in [1.82, 2.24) is 5.32 Å². The Kier molecular flexibility index (Phi) is 7.50. The molecule has 3 aromatic carbocycles. The van der Waals surface area contributed by atoms with Gasteiger partial charge in [0.25, 0.3) is 21.8 Å². The first-order valence-electron chi connectivity index (χ1n) is 10.6. The minimum Gasteiger partial charge on any atom is -0.350 e. The van der Waals surface area contributed by atoms with Gasteiger partial charge in [0.15, 0.2) is 0 Å². The molecule has 3 rings (SSSR count). The first-order valence-corrected chi connectivity index (χ1v) is 12.1. The zero-order chi connectivity index (χ0) is 24.0. The minimum absolute atomic E-state index is 0.00167. The van der Waals surface area contributed by atoms with E-state index >= 15 is 0 Å². The molecule has 0 heterocycles. The highest BCUT2D eigenvalue weighted by atomic mass is 32.2. The van der Waals surface area contributed by atoms with Crippen LogP contribution >= 0.6 is 0 Å². The van der Waals surface area contributed by atoms with Crippen LogP contribution in [-0.4, -0.2) is 26.3 Å². The van der Waals surface area contributed by atoms with Crippen LogP contribution in [0.5, 0.6) is 0 Å². The quantitative estimate of drug-likeness (QED) is 0.453. The number of aryl methyl sites for hydroxylation is 1. The fourth-order valence-electron chi connectivity index (χ4n) is 3.14. The number of carbonyl (C=O) groups is 2. The average Bonchev–Trinajstić information content (AvgIpc) is 2.79. The molecule has 0 aliphatic rings. The van der Waals surface area contributed by atoms with E-state index in [0.29, 0.717) is 22.5 Å². The second-order valence-corrected chi connectivity index (χ2v) is 9.39. The summed E-state index contributed by atoms with van der Waals surface area (Å²) in [6, 6.07) is 19.7. The lowest BCUT2D eigenvalue weighted by atomic mass is 10.1. The van der Waals surface area contributed by atoms with Gasteiger partial charge in [-0.3, -0.25) is 14.3 Å². The molecule has 0 spiro atoms. The zero-order valence-electron chi connectivity index (χ0n) is 18.8. The second-order valence-electron chi connectivity index (χ2n) is 7.73. The van der Waals surface area contributed by atoms with Crippen molar-refractivity contribution in [3.63, 3.8) is 0 Å². The predicted octanol–water partition coefficient (Wildman–Crippen LogP) is 4.58. The number of carbonyl (C=O) groups excluding carboxylic acids is 2. The first kappa shape index (κ1) is 24.0. The summed E-state index contributed by atoms with van der Waals surface area (Å²) in [6.07, 6.45) is 0.776. The third-order valence-corrected chi connectivity index (χ3v) is 6.70. The number of sulfonamides is 1. The first-order chi connectivity index (χ1) is 15.7. The standard InChI is InChI=1S/C25H27N3O4S/c1-4-18(3)26-25(30)21-12-8-9-13-22(21)27-24(29)19-15-14-17(2)23(16-19)33(31,32)28-20-10-6-5-7-11-20/h5-16,18,28H,4H2,1-3H3,(H,26,30)(H,27,29). The number of rotatable bonds is 8. The van der Waals surface area contributed by atoms with Crippen molar-refractivity contribution in [1.29, 1.82) is 0 Å². The van der Waals surface area contributed by atoms with Crippen molar-refractivity contribution < 1.29 is 18.0 Å². The maximum Gasteiger partial charge on any atom is 0.262 e. The Bertz CT molecular complexity index is 1260. The lowest BCUT2D eigenvalue weighted by Gasteiger charge is -2.15. The molecule has 8 heteroatoms. The Morgan fingerprint density at radius 2 is 1.58 bits per heavy atom. The van der Waals surface area contributed by atoms with E-state index in [9.17, 15) is 18.0 Å². The summed E-state index contributed by atoms with van der Waals surface area (Å²) in [6.45, 7) is 5.53. The Morgan fingerprint density at radius 1 is 0.909 bits per heavy atom. The van der Waals surface area contributed by atoms with Crippen molar-refractivity contribution in [2.45, 2.75) is 38.1 Å². The van der Waals surface area contributed by atoms with Gasteiger partial charge >= 0.3 is 0 Å². The van der Waals surface area contributed by atoms with Crippen LogP contribution in [0.25, 0.3) is 0 Å². The van der Waals surface area contributed by atoms with Crippen molar-refractivity contribution in [3.8, 4) is 0 Å².